The zero-order valence-electron chi connectivity index (χ0n) is 12.1. The van der Waals surface area contributed by atoms with Crippen LogP contribution in [0.2, 0.25) is 0 Å². The molecule has 0 aromatic carbocycles. The summed E-state index contributed by atoms with van der Waals surface area (Å²) in [5.74, 6) is -0.214. The topological polar surface area (TPSA) is 123 Å². The Morgan fingerprint density at radius 2 is 2.36 bits per heavy atom. The molecule has 0 spiro atoms. The Morgan fingerprint density at radius 1 is 1.59 bits per heavy atom. The standard InChI is InChI=1S/C15H18N4O3/c16-6-8-3-9-7-19(2-1-12(9)18-15(8)22)14(21)4-10-11(17)5-13(10)20/h3,10-11,13,20H,1-2,4-5,7,17H2,(H,18,22)/t10-,11+,13-/m1/s1. The number of aliphatic hydroxyl groups excluding tert-OH is 1. The maximum Gasteiger partial charge on any atom is 0.266 e. The fourth-order valence-electron chi connectivity index (χ4n) is 3.14. The minimum absolute atomic E-state index is 0.0467. The molecule has 1 aromatic rings. The van der Waals surface area contributed by atoms with Crippen molar-refractivity contribution in [3.8, 4) is 6.07 Å². The van der Waals surface area contributed by atoms with Crippen LogP contribution in [-0.2, 0) is 17.8 Å². The van der Waals surface area contributed by atoms with Gasteiger partial charge in [-0.1, -0.05) is 0 Å². The molecule has 116 valence electrons. The largest absolute Gasteiger partial charge is 0.393 e. The first-order chi connectivity index (χ1) is 10.5. The molecular weight excluding hydrogens is 284 g/mol. The molecule has 2 heterocycles. The summed E-state index contributed by atoms with van der Waals surface area (Å²) in [5.41, 5.74) is 7.08. The number of fused-ring (bicyclic) bond motifs is 1. The van der Waals surface area contributed by atoms with Gasteiger partial charge in [-0.05, 0) is 18.1 Å². The molecule has 0 unspecified atom stereocenters. The summed E-state index contributed by atoms with van der Waals surface area (Å²) in [6.07, 6.45) is 0.860. The highest BCUT2D eigenvalue weighted by atomic mass is 16.3. The van der Waals surface area contributed by atoms with E-state index in [-0.39, 0.29) is 35.4 Å². The number of nitriles is 1. The number of carbonyl (C=O) groups excluding carboxylic acids is 1. The Kier molecular flexibility index (Phi) is 3.72. The van der Waals surface area contributed by atoms with E-state index in [1.807, 2.05) is 6.07 Å². The van der Waals surface area contributed by atoms with E-state index in [1.165, 1.54) is 0 Å². The van der Waals surface area contributed by atoms with Crippen LogP contribution in [0.15, 0.2) is 10.9 Å². The molecule has 22 heavy (non-hydrogen) atoms. The van der Waals surface area contributed by atoms with Gasteiger partial charge in [-0.25, -0.2) is 0 Å². The van der Waals surface area contributed by atoms with E-state index >= 15 is 0 Å². The number of carbonyl (C=O) groups is 1. The molecule has 1 aliphatic carbocycles. The van der Waals surface area contributed by atoms with Gasteiger partial charge in [0.2, 0.25) is 5.91 Å². The molecule has 4 N–H and O–H groups in total. The third kappa shape index (κ3) is 2.51. The van der Waals surface area contributed by atoms with E-state index in [1.54, 1.807) is 11.0 Å². The van der Waals surface area contributed by atoms with Crippen LogP contribution in [0.5, 0.6) is 0 Å². The molecule has 3 rings (SSSR count). The van der Waals surface area contributed by atoms with E-state index in [0.717, 1.165) is 11.3 Å². The lowest BCUT2D eigenvalue weighted by atomic mass is 9.75. The molecule has 1 amide bonds. The van der Waals surface area contributed by atoms with Gasteiger partial charge in [-0.2, -0.15) is 5.26 Å². The van der Waals surface area contributed by atoms with E-state index in [0.29, 0.717) is 25.9 Å². The number of rotatable bonds is 2. The second-order valence-electron chi connectivity index (χ2n) is 6.03. The first kappa shape index (κ1) is 14.8. The van der Waals surface area contributed by atoms with Gasteiger partial charge in [-0.15, -0.1) is 0 Å². The summed E-state index contributed by atoms with van der Waals surface area (Å²) in [4.78, 5) is 28.3. The Hall–Kier alpha value is -2.17. The van der Waals surface area contributed by atoms with Crippen molar-refractivity contribution in [2.45, 2.75) is 38.0 Å². The molecule has 0 radical (unpaired) electrons. The van der Waals surface area contributed by atoms with Crippen LogP contribution >= 0.6 is 0 Å². The minimum atomic E-state index is -0.488. The SMILES string of the molecule is N#Cc1cc2c([nH]c1=O)CCN(C(=O)C[C@H]1[C@H](O)C[C@@H]1N)C2. The van der Waals surface area contributed by atoms with Gasteiger partial charge in [0.1, 0.15) is 11.6 Å². The maximum absolute atomic E-state index is 12.3. The van der Waals surface area contributed by atoms with Crippen molar-refractivity contribution in [1.29, 1.82) is 5.26 Å². The van der Waals surface area contributed by atoms with Crippen LogP contribution < -0.4 is 11.3 Å². The van der Waals surface area contributed by atoms with E-state index in [2.05, 4.69) is 4.98 Å². The van der Waals surface area contributed by atoms with Crippen molar-refractivity contribution in [2.75, 3.05) is 6.54 Å². The predicted octanol–water partition coefficient (Wildman–Crippen LogP) is -0.771. The van der Waals surface area contributed by atoms with Gasteiger partial charge < -0.3 is 20.7 Å². The summed E-state index contributed by atoms with van der Waals surface area (Å²) in [6.45, 7) is 0.892. The average molecular weight is 302 g/mol. The molecule has 2 aliphatic rings. The van der Waals surface area contributed by atoms with Gasteiger partial charge in [-0.3, -0.25) is 9.59 Å². The number of hydrogen-bond acceptors (Lipinski definition) is 5. The lowest BCUT2D eigenvalue weighted by molar-refractivity contribution is -0.136. The third-order valence-corrected chi connectivity index (χ3v) is 4.65. The highest BCUT2D eigenvalue weighted by molar-refractivity contribution is 5.77. The molecule has 7 heteroatoms. The Labute approximate surface area is 127 Å². The molecule has 0 bridgehead atoms. The number of aromatic amines is 1. The summed E-state index contributed by atoms with van der Waals surface area (Å²) in [5, 5.41) is 18.6. The number of nitrogens with zero attached hydrogens (tertiary/aromatic N) is 2. The Morgan fingerprint density at radius 3 is 3.00 bits per heavy atom. The monoisotopic (exact) mass is 302 g/mol. The lowest BCUT2D eigenvalue weighted by Crippen LogP contribution is -2.53. The zero-order chi connectivity index (χ0) is 15.9. The van der Waals surface area contributed by atoms with Crippen LogP contribution in [0.25, 0.3) is 0 Å². The second-order valence-corrected chi connectivity index (χ2v) is 6.03. The number of pyridine rings is 1. The van der Waals surface area contributed by atoms with Crippen LogP contribution in [-0.4, -0.2) is 39.6 Å². The van der Waals surface area contributed by atoms with Crippen molar-refractivity contribution < 1.29 is 9.90 Å². The first-order valence-corrected chi connectivity index (χ1v) is 7.36. The van der Waals surface area contributed by atoms with Crippen LogP contribution in [0.4, 0.5) is 0 Å². The zero-order valence-corrected chi connectivity index (χ0v) is 12.1. The number of aliphatic hydroxyl groups is 1. The lowest BCUT2D eigenvalue weighted by Gasteiger charge is -2.40. The summed E-state index contributed by atoms with van der Waals surface area (Å²) < 4.78 is 0. The Bertz CT molecular complexity index is 698. The molecular formula is C15H18N4O3. The van der Waals surface area contributed by atoms with Crippen LogP contribution in [0.3, 0.4) is 0 Å². The van der Waals surface area contributed by atoms with Crippen LogP contribution in [0, 0.1) is 17.2 Å². The molecule has 1 aliphatic heterocycles. The minimum Gasteiger partial charge on any atom is -0.393 e. The van der Waals surface area contributed by atoms with Gasteiger partial charge >= 0.3 is 0 Å². The van der Waals surface area contributed by atoms with Crippen molar-refractivity contribution in [3.63, 3.8) is 0 Å². The number of amides is 1. The quantitative estimate of drug-likeness (QED) is 0.662. The third-order valence-electron chi connectivity index (χ3n) is 4.65. The van der Waals surface area contributed by atoms with E-state index < -0.39 is 6.10 Å². The first-order valence-electron chi connectivity index (χ1n) is 7.36. The molecule has 1 fully saturated rings. The number of aromatic nitrogens is 1. The predicted molar refractivity (Wildman–Crippen MR) is 77.6 cm³/mol. The van der Waals surface area contributed by atoms with Crippen molar-refractivity contribution >= 4 is 5.91 Å². The smallest absolute Gasteiger partial charge is 0.266 e. The number of nitrogens with two attached hydrogens (primary N) is 1. The summed E-state index contributed by atoms with van der Waals surface area (Å²) >= 11 is 0. The molecule has 3 atom stereocenters. The fraction of sp³-hybridized carbons (Fsp3) is 0.533. The second kappa shape index (κ2) is 5.55. The maximum atomic E-state index is 12.3. The number of hydrogen-bond donors (Lipinski definition) is 3. The molecule has 1 saturated carbocycles. The molecule has 7 nitrogen and oxygen atoms in total. The van der Waals surface area contributed by atoms with Crippen molar-refractivity contribution in [1.82, 2.24) is 9.88 Å². The van der Waals surface area contributed by atoms with Crippen molar-refractivity contribution in [2.24, 2.45) is 11.7 Å². The molecule has 0 saturated heterocycles. The van der Waals surface area contributed by atoms with E-state index in [4.69, 9.17) is 11.0 Å². The van der Waals surface area contributed by atoms with Gasteiger partial charge in [0, 0.05) is 43.6 Å². The average Bonchev–Trinajstić information content (AvgIpc) is 2.51. The highest BCUT2D eigenvalue weighted by Gasteiger charge is 2.39. The van der Waals surface area contributed by atoms with E-state index in [9.17, 15) is 14.7 Å². The van der Waals surface area contributed by atoms with Crippen molar-refractivity contribution in [3.05, 3.63) is 33.2 Å². The van der Waals surface area contributed by atoms with Crippen LogP contribution in [0.1, 0.15) is 29.7 Å². The summed E-state index contributed by atoms with van der Waals surface area (Å²) in [7, 11) is 0. The van der Waals surface area contributed by atoms with Gasteiger partial charge in [0.25, 0.3) is 5.56 Å². The number of nitrogens with one attached hydrogen (secondary N) is 1. The Balaban J connectivity index is 1.72. The highest BCUT2D eigenvalue weighted by Crippen LogP contribution is 2.30. The number of H-pyrrole nitrogens is 1. The molecule has 1 aromatic heterocycles. The summed E-state index contributed by atoms with van der Waals surface area (Å²) in [6, 6.07) is 3.29. The van der Waals surface area contributed by atoms with Gasteiger partial charge in [0.15, 0.2) is 0 Å². The van der Waals surface area contributed by atoms with Gasteiger partial charge in [0.05, 0.1) is 6.10 Å². The fourth-order valence-corrected chi connectivity index (χ4v) is 3.14. The normalized spacial score (nSPS) is 26.8.